The van der Waals surface area contributed by atoms with Crippen molar-refractivity contribution in [3.05, 3.63) is 15.6 Å². The maximum atomic E-state index is 4.90. The molecule has 0 bridgehead atoms. The van der Waals surface area contributed by atoms with E-state index in [2.05, 4.69) is 60.7 Å². The molecule has 1 rings (SSSR count). The Bertz CT molecular complexity index is 405. The van der Waals surface area contributed by atoms with Crippen LogP contribution in [0.3, 0.4) is 0 Å². The van der Waals surface area contributed by atoms with Gasteiger partial charge in [0.05, 0.1) is 10.7 Å². The molecule has 19 heavy (non-hydrogen) atoms. The average molecular weight is 282 g/mol. The maximum absolute atomic E-state index is 4.90. The number of aromatic nitrogens is 1. The lowest BCUT2D eigenvalue weighted by Crippen LogP contribution is -2.35. The van der Waals surface area contributed by atoms with Gasteiger partial charge in [0, 0.05) is 22.4 Å². The van der Waals surface area contributed by atoms with E-state index in [4.69, 9.17) is 4.98 Å². The minimum Gasteiger partial charge on any atom is -0.307 e. The van der Waals surface area contributed by atoms with Gasteiger partial charge in [-0.15, -0.1) is 11.3 Å². The Morgan fingerprint density at radius 3 is 2.11 bits per heavy atom. The summed E-state index contributed by atoms with van der Waals surface area (Å²) in [5.41, 5.74) is 1.60. The molecule has 0 unspecified atom stereocenters. The molecule has 0 radical (unpaired) electrons. The fourth-order valence-electron chi connectivity index (χ4n) is 1.73. The fraction of sp³-hybridized carbons (Fsp3) is 0.812. The first kappa shape index (κ1) is 16.6. The monoisotopic (exact) mass is 282 g/mol. The van der Waals surface area contributed by atoms with E-state index in [-0.39, 0.29) is 11.0 Å². The van der Waals surface area contributed by atoms with Crippen LogP contribution in [0, 0.1) is 5.92 Å². The summed E-state index contributed by atoms with van der Waals surface area (Å²) in [6.45, 7) is 18.8. The van der Waals surface area contributed by atoms with Crippen molar-refractivity contribution >= 4 is 11.3 Å². The van der Waals surface area contributed by atoms with Gasteiger partial charge in [-0.05, 0) is 33.1 Å². The zero-order valence-corrected chi connectivity index (χ0v) is 14.7. The largest absolute Gasteiger partial charge is 0.307 e. The highest BCUT2D eigenvalue weighted by Crippen LogP contribution is 2.30. The second-order valence-electron chi connectivity index (χ2n) is 7.84. The predicted molar refractivity (Wildman–Crippen MR) is 85.9 cm³/mol. The molecule has 1 aromatic heterocycles. The summed E-state index contributed by atoms with van der Waals surface area (Å²) >= 11 is 1.88. The summed E-state index contributed by atoms with van der Waals surface area (Å²) < 4.78 is 0. The second-order valence-corrected chi connectivity index (χ2v) is 8.92. The minimum atomic E-state index is 0.149. The van der Waals surface area contributed by atoms with Crippen molar-refractivity contribution in [3.63, 3.8) is 0 Å². The van der Waals surface area contributed by atoms with Crippen LogP contribution in [0.4, 0.5) is 0 Å². The Balaban J connectivity index is 2.96. The first-order chi connectivity index (χ1) is 8.49. The molecule has 1 heterocycles. The molecule has 2 nitrogen and oxygen atoms in total. The van der Waals surface area contributed by atoms with E-state index < -0.39 is 0 Å². The highest BCUT2D eigenvalue weighted by Gasteiger charge is 2.22. The van der Waals surface area contributed by atoms with Crippen LogP contribution in [0.5, 0.6) is 0 Å². The molecule has 0 aliphatic rings. The summed E-state index contributed by atoms with van der Waals surface area (Å²) in [6.07, 6.45) is 1.08. The number of rotatable bonds is 4. The first-order valence-electron chi connectivity index (χ1n) is 7.23. The standard InChI is InChI=1S/C16H30N2S/c1-11(2)9-12-13(10-17-16(6,7)8)19-14(18-12)15(3,4)5/h11,17H,9-10H2,1-8H3. The van der Waals surface area contributed by atoms with Crippen LogP contribution in [0.1, 0.15) is 71.0 Å². The molecule has 1 aromatic rings. The number of nitrogens with zero attached hydrogens (tertiary/aromatic N) is 1. The van der Waals surface area contributed by atoms with Gasteiger partial charge < -0.3 is 5.32 Å². The first-order valence-corrected chi connectivity index (χ1v) is 8.05. The lowest BCUT2D eigenvalue weighted by atomic mass is 9.98. The van der Waals surface area contributed by atoms with E-state index in [1.165, 1.54) is 15.6 Å². The quantitative estimate of drug-likeness (QED) is 0.878. The van der Waals surface area contributed by atoms with Gasteiger partial charge in [-0.2, -0.15) is 0 Å². The number of thiazole rings is 1. The third-order valence-electron chi connectivity index (χ3n) is 2.80. The zero-order valence-electron chi connectivity index (χ0n) is 13.8. The fourth-order valence-corrected chi connectivity index (χ4v) is 2.82. The van der Waals surface area contributed by atoms with Gasteiger partial charge in [-0.1, -0.05) is 34.6 Å². The Morgan fingerprint density at radius 2 is 1.68 bits per heavy atom. The van der Waals surface area contributed by atoms with Gasteiger partial charge >= 0.3 is 0 Å². The van der Waals surface area contributed by atoms with E-state index in [1.807, 2.05) is 11.3 Å². The SMILES string of the molecule is CC(C)Cc1nc(C(C)(C)C)sc1CNC(C)(C)C. The molecular formula is C16H30N2S. The zero-order chi connectivity index (χ0) is 14.8. The molecule has 0 aromatic carbocycles. The maximum Gasteiger partial charge on any atom is 0.0985 e. The molecule has 0 fully saturated rings. The van der Waals surface area contributed by atoms with Crippen molar-refractivity contribution in [3.8, 4) is 0 Å². The molecule has 0 aliphatic heterocycles. The van der Waals surface area contributed by atoms with Gasteiger partial charge in [-0.3, -0.25) is 0 Å². The van der Waals surface area contributed by atoms with E-state index in [0.717, 1.165) is 13.0 Å². The molecule has 3 heteroatoms. The van der Waals surface area contributed by atoms with Gasteiger partial charge in [0.15, 0.2) is 0 Å². The van der Waals surface area contributed by atoms with Gasteiger partial charge in [0.25, 0.3) is 0 Å². The molecule has 0 atom stereocenters. The molecule has 110 valence electrons. The van der Waals surface area contributed by atoms with E-state index in [0.29, 0.717) is 5.92 Å². The average Bonchev–Trinajstić information content (AvgIpc) is 2.55. The molecule has 0 saturated heterocycles. The minimum absolute atomic E-state index is 0.149. The summed E-state index contributed by atoms with van der Waals surface area (Å²) in [6, 6.07) is 0. The molecule has 0 spiro atoms. The third kappa shape index (κ3) is 5.62. The van der Waals surface area contributed by atoms with Gasteiger partial charge in [-0.25, -0.2) is 4.98 Å². The van der Waals surface area contributed by atoms with Gasteiger partial charge in [0.2, 0.25) is 0 Å². The smallest absolute Gasteiger partial charge is 0.0985 e. The molecule has 0 saturated carbocycles. The van der Waals surface area contributed by atoms with Crippen LogP contribution in [-0.4, -0.2) is 10.5 Å². The van der Waals surface area contributed by atoms with E-state index in [1.54, 1.807) is 0 Å². The van der Waals surface area contributed by atoms with Crippen LogP contribution in [-0.2, 0) is 18.4 Å². The van der Waals surface area contributed by atoms with Crippen molar-refractivity contribution in [1.29, 1.82) is 0 Å². The Labute approximate surface area is 123 Å². The van der Waals surface area contributed by atoms with Crippen LogP contribution < -0.4 is 5.32 Å². The Morgan fingerprint density at radius 1 is 1.11 bits per heavy atom. The predicted octanol–water partition coefficient (Wildman–Crippen LogP) is 4.53. The molecule has 1 N–H and O–H groups in total. The van der Waals surface area contributed by atoms with Crippen molar-refractivity contribution in [1.82, 2.24) is 10.3 Å². The molecule has 0 aliphatic carbocycles. The van der Waals surface area contributed by atoms with Crippen molar-refractivity contribution < 1.29 is 0 Å². The van der Waals surface area contributed by atoms with Crippen LogP contribution in [0.15, 0.2) is 0 Å². The summed E-state index contributed by atoms with van der Waals surface area (Å²) in [5.74, 6) is 0.656. The number of hydrogen-bond acceptors (Lipinski definition) is 3. The van der Waals surface area contributed by atoms with Crippen LogP contribution >= 0.6 is 11.3 Å². The van der Waals surface area contributed by atoms with E-state index in [9.17, 15) is 0 Å². The van der Waals surface area contributed by atoms with Crippen LogP contribution in [0.2, 0.25) is 0 Å². The molecule has 0 amide bonds. The van der Waals surface area contributed by atoms with Crippen molar-refractivity contribution in [2.45, 2.75) is 79.3 Å². The summed E-state index contributed by atoms with van der Waals surface area (Å²) in [4.78, 5) is 6.31. The van der Waals surface area contributed by atoms with Crippen LogP contribution in [0.25, 0.3) is 0 Å². The number of hydrogen-bond donors (Lipinski definition) is 1. The summed E-state index contributed by atoms with van der Waals surface area (Å²) in [5, 5.41) is 4.85. The van der Waals surface area contributed by atoms with Crippen molar-refractivity contribution in [2.24, 2.45) is 5.92 Å². The molecular weight excluding hydrogens is 252 g/mol. The summed E-state index contributed by atoms with van der Waals surface area (Å²) in [7, 11) is 0. The Kier molecular flexibility index (Phi) is 5.19. The lowest BCUT2D eigenvalue weighted by Gasteiger charge is -2.20. The normalized spacial score (nSPS) is 13.3. The van der Waals surface area contributed by atoms with E-state index >= 15 is 0 Å². The lowest BCUT2D eigenvalue weighted by molar-refractivity contribution is 0.424. The highest BCUT2D eigenvalue weighted by atomic mass is 32.1. The third-order valence-corrected chi connectivity index (χ3v) is 4.32. The highest BCUT2D eigenvalue weighted by molar-refractivity contribution is 7.11. The number of nitrogens with one attached hydrogen (secondary N) is 1. The van der Waals surface area contributed by atoms with Gasteiger partial charge in [0.1, 0.15) is 0 Å². The van der Waals surface area contributed by atoms with Crippen molar-refractivity contribution in [2.75, 3.05) is 0 Å². The topological polar surface area (TPSA) is 24.9 Å². The Hall–Kier alpha value is -0.410. The second kappa shape index (κ2) is 5.92.